The van der Waals surface area contributed by atoms with Crippen LogP contribution in [-0.4, -0.2) is 15.4 Å². The number of amides is 1. The third kappa shape index (κ3) is 3.47. The van der Waals surface area contributed by atoms with Gasteiger partial charge in [0.1, 0.15) is 5.82 Å². The van der Waals surface area contributed by atoms with Crippen molar-refractivity contribution < 1.29 is 18.5 Å². The summed E-state index contributed by atoms with van der Waals surface area (Å²) in [6, 6.07) is 5.82. The zero-order chi connectivity index (χ0) is 19.7. The van der Waals surface area contributed by atoms with Gasteiger partial charge < -0.3 is 4.57 Å². The Morgan fingerprint density at radius 3 is 2.78 bits per heavy atom. The zero-order valence-corrected chi connectivity index (χ0v) is 14.7. The molecule has 0 fully saturated rings. The number of hydrogen-bond acceptors (Lipinski definition) is 4. The van der Waals surface area contributed by atoms with Gasteiger partial charge in [0.05, 0.1) is 21.7 Å². The van der Waals surface area contributed by atoms with Gasteiger partial charge in [0.2, 0.25) is 0 Å². The molecule has 0 radical (unpaired) electrons. The molecule has 6 nitrogen and oxygen atoms in total. The van der Waals surface area contributed by atoms with Crippen molar-refractivity contribution in [1.82, 2.24) is 4.57 Å². The molecule has 3 aromatic rings. The summed E-state index contributed by atoms with van der Waals surface area (Å²) >= 11 is 0.895. The Morgan fingerprint density at radius 2 is 2.11 bits per heavy atom. The van der Waals surface area contributed by atoms with Gasteiger partial charge in [0, 0.05) is 23.3 Å². The fourth-order valence-electron chi connectivity index (χ4n) is 2.54. The summed E-state index contributed by atoms with van der Waals surface area (Å²) in [6.45, 7) is 1.47. The molecule has 0 unspecified atom stereocenters. The average Bonchev–Trinajstić information content (AvgIpc) is 2.92. The number of halogens is 2. The second kappa shape index (κ2) is 7.09. The van der Waals surface area contributed by atoms with Crippen LogP contribution in [0.1, 0.15) is 15.9 Å². The number of aryl methyl sites for hydroxylation is 1. The molecule has 1 heterocycles. The number of carbonyl (C=O) groups is 1. The first kappa shape index (κ1) is 18.4. The van der Waals surface area contributed by atoms with E-state index in [-0.39, 0.29) is 32.8 Å². The van der Waals surface area contributed by atoms with Crippen molar-refractivity contribution in [2.45, 2.75) is 13.5 Å². The molecule has 136 valence electrons. The number of nitro groups is 1. The molecule has 0 spiro atoms. The van der Waals surface area contributed by atoms with Crippen molar-refractivity contribution in [2.24, 2.45) is 4.99 Å². The smallest absolute Gasteiger partial charge is 0.279 e. The van der Waals surface area contributed by atoms with Gasteiger partial charge in [0.15, 0.2) is 10.6 Å². The number of rotatable bonds is 3. The van der Waals surface area contributed by atoms with E-state index in [9.17, 15) is 23.7 Å². The Kier molecular flexibility index (Phi) is 4.83. The number of aromatic nitrogens is 1. The molecular formula is C18H11F2N3O3S. The van der Waals surface area contributed by atoms with Crippen LogP contribution in [0.2, 0.25) is 0 Å². The van der Waals surface area contributed by atoms with Crippen LogP contribution in [0.4, 0.5) is 14.5 Å². The Morgan fingerprint density at radius 1 is 1.37 bits per heavy atom. The average molecular weight is 387 g/mol. The van der Waals surface area contributed by atoms with Gasteiger partial charge in [-0.15, -0.1) is 6.42 Å². The summed E-state index contributed by atoms with van der Waals surface area (Å²) in [4.78, 5) is 26.9. The minimum atomic E-state index is -0.823. The molecule has 0 atom stereocenters. The number of terminal acetylenes is 1. The predicted molar refractivity (Wildman–Crippen MR) is 96.3 cm³/mol. The summed E-state index contributed by atoms with van der Waals surface area (Å²) in [6.07, 6.45) is 5.31. The van der Waals surface area contributed by atoms with E-state index in [2.05, 4.69) is 10.9 Å². The minimum Gasteiger partial charge on any atom is -0.302 e. The van der Waals surface area contributed by atoms with E-state index >= 15 is 0 Å². The van der Waals surface area contributed by atoms with Crippen LogP contribution in [0, 0.1) is 41.0 Å². The lowest BCUT2D eigenvalue weighted by atomic mass is 10.1. The van der Waals surface area contributed by atoms with Crippen LogP contribution < -0.4 is 4.80 Å². The van der Waals surface area contributed by atoms with Crippen molar-refractivity contribution in [3.8, 4) is 12.3 Å². The number of fused-ring (bicyclic) bond motifs is 1. The molecule has 0 aliphatic carbocycles. The summed E-state index contributed by atoms with van der Waals surface area (Å²) in [7, 11) is 0. The van der Waals surface area contributed by atoms with Gasteiger partial charge in [-0.25, -0.2) is 8.78 Å². The van der Waals surface area contributed by atoms with Crippen molar-refractivity contribution >= 4 is 33.1 Å². The van der Waals surface area contributed by atoms with Gasteiger partial charge in [-0.3, -0.25) is 14.9 Å². The lowest BCUT2D eigenvalue weighted by Crippen LogP contribution is -2.17. The first-order valence-corrected chi connectivity index (χ1v) is 8.39. The third-order valence-corrected chi connectivity index (χ3v) is 4.82. The number of thiazole rings is 1. The van der Waals surface area contributed by atoms with Crippen LogP contribution in [0.3, 0.4) is 0 Å². The summed E-state index contributed by atoms with van der Waals surface area (Å²) in [5, 5.41) is 11.0. The molecule has 0 saturated heterocycles. The van der Waals surface area contributed by atoms with Crippen molar-refractivity contribution in [3.05, 3.63) is 68.0 Å². The second-order valence-corrected chi connectivity index (χ2v) is 6.59. The number of benzene rings is 2. The lowest BCUT2D eigenvalue weighted by Gasteiger charge is -2.02. The maximum atomic E-state index is 14.2. The Bertz CT molecular complexity index is 1210. The van der Waals surface area contributed by atoms with E-state index in [0.29, 0.717) is 5.56 Å². The van der Waals surface area contributed by atoms with Gasteiger partial charge in [-0.2, -0.15) is 4.99 Å². The van der Waals surface area contributed by atoms with Crippen LogP contribution in [-0.2, 0) is 6.54 Å². The van der Waals surface area contributed by atoms with E-state index < -0.39 is 22.5 Å². The molecular weight excluding hydrogens is 376 g/mol. The normalized spacial score (nSPS) is 11.6. The quantitative estimate of drug-likeness (QED) is 0.392. The van der Waals surface area contributed by atoms with E-state index in [4.69, 9.17) is 6.42 Å². The number of nitrogens with zero attached hydrogens (tertiary/aromatic N) is 3. The first-order valence-electron chi connectivity index (χ1n) is 7.57. The fourth-order valence-corrected chi connectivity index (χ4v) is 3.61. The third-order valence-electron chi connectivity index (χ3n) is 3.79. The molecule has 3 rings (SSSR count). The van der Waals surface area contributed by atoms with Crippen molar-refractivity contribution in [1.29, 1.82) is 0 Å². The standard InChI is InChI=1S/C18H11F2N3O3S/c1-3-6-22-16-13(20)8-12(19)9-15(16)27-18(22)21-17(24)11-5-4-10(2)14(7-11)23(25)26/h1,4-5,7-9H,6H2,2H3. The number of carbonyl (C=O) groups excluding carboxylic acids is 1. The van der Waals surface area contributed by atoms with Gasteiger partial charge >= 0.3 is 0 Å². The van der Waals surface area contributed by atoms with Crippen molar-refractivity contribution in [3.63, 3.8) is 0 Å². The molecule has 0 aliphatic rings. The summed E-state index contributed by atoms with van der Waals surface area (Å²) in [5.41, 5.74) is 0.236. The molecule has 9 heteroatoms. The molecule has 1 aromatic heterocycles. The predicted octanol–water partition coefficient (Wildman–Crippen LogP) is 3.57. The Labute approximate surface area is 155 Å². The highest BCUT2D eigenvalue weighted by Crippen LogP contribution is 2.23. The molecule has 0 saturated carbocycles. The summed E-state index contributed by atoms with van der Waals surface area (Å²) < 4.78 is 29.2. The van der Waals surface area contributed by atoms with E-state index in [0.717, 1.165) is 29.5 Å². The minimum absolute atomic E-state index is 0.00339. The van der Waals surface area contributed by atoms with Crippen LogP contribution in [0.15, 0.2) is 35.3 Å². The highest BCUT2D eigenvalue weighted by molar-refractivity contribution is 7.16. The largest absolute Gasteiger partial charge is 0.302 e. The van der Waals surface area contributed by atoms with Crippen LogP contribution in [0.5, 0.6) is 0 Å². The Balaban J connectivity index is 2.18. The summed E-state index contributed by atoms with van der Waals surface area (Å²) in [5.74, 6) is -0.00144. The SMILES string of the molecule is C#CCn1c(=NC(=O)c2ccc(C)c([N+](=O)[O-])c2)sc2cc(F)cc(F)c21. The molecule has 1 amide bonds. The van der Waals surface area contributed by atoms with E-state index in [1.54, 1.807) is 6.92 Å². The Hall–Kier alpha value is -3.38. The van der Waals surface area contributed by atoms with Gasteiger partial charge in [-0.05, 0) is 19.1 Å². The van der Waals surface area contributed by atoms with Gasteiger partial charge in [0.25, 0.3) is 11.6 Å². The van der Waals surface area contributed by atoms with E-state index in [1.807, 2.05) is 0 Å². The van der Waals surface area contributed by atoms with Crippen LogP contribution in [0.25, 0.3) is 10.2 Å². The monoisotopic (exact) mass is 387 g/mol. The maximum absolute atomic E-state index is 14.2. The zero-order valence-electron chi connectivity index (χ0n) is 13.9. The van der Waals surface area contributed by atoms with Crippen LogP contribution >= 0.6 is 11.3 Å². The fraction of sp³-hybridized carbons (Fsp3) is 0.111. The molecule has 0 bridgehead atoms. The first-order chi connectivity index (χ1) is 12.8. The topological polar surface area (TPSA) is 77.5 Å². The highest BCUT2D eigenvalue weighted by atomic mass is 32.1. The molecule has 0 aliphatic heterocycles. The number of hydrogen-bond donors (Lipinski definition) is 0. The maximum Gasteiger partial charge on any atom is 0.279 e. The highest BCUT2D eigenvalue weighted by Gasteiger charge is 2.17. The molecule has 0 N–H and O–H groups in total. The van der Waals surface area contributed by atoms with E-state index in [1.165, 1.54) is 16.7 Å². The van der Waals surface area contributed by atoms with Gasteiger partial charge in [-0.1, -0.05) is 23.3 Å². The lowest BCUT2D eigenvalue weighted by molar-refractivity contribution is -0.385. The second-order valence-electron chi connectivity index (χ2n) is 5.58. The van der Waals surface area contributed by atoms with Crippen molar-refractivity contribution in [2.75, 3.05) is 0 Å². The number of nitro benzene ring substituents is 1. The molecule has 2 aromatic carbocycles. The molecule has 27 heavy (non-hydrogen) atoms.